The number of hydrogen-bond donors (Lipinski definition) is 2. The number of nitrogens with one attached hydrogen (secondary N) is 1. The Bertz CT molecular complexity index is 174. The smallest absolute Gasteiger partial charge is 0.223 e. The third-order valence-corrected chi connectivity index (χ3v) is 1.55. The summed E-state index contributed by atoms with van der Waals surface area (Å²) >= 11 is 1.38. The number of thiazole rings is 1. The highest BCUT2D eigenvalue weighted by atomic mass is 32.1. The van der Waals surface area contributed by atoms with E-state index in [1.165, 1.54) is 11.3 Å². The van der Waals surface area contributed by atoms with E-state index in [9.17, 15) is 0 Å². The fourth-order valence-corrected chi connectivity index (χ4v) is 0.914. The van der Waals surface area contributed by atoms with Crippen LogP contribution < -0.4 is 5.32 Å². The van der Waals surface area contributed by atoms with Gasteiger partial charge in [0.1, 0.15) is 0 Å². The first kappa shape index (κ1) is 5.37. The van der Waals surface area contributed by atoms with Gasteiger partial charge in [-0.2, -0.15) is 4.98 Å². The highest BCUT2D eigenvalue weighted by Crippen LogP contribution is 2.17. The molecule has 44 valence electrons. The molecule has 0 aromatic carbocycles. The number of nitrogens with zero attached hydrogens (tertiary/aromatic N) is 1. The van der Waals surface area contributed by atoms with Crippen molar-refractivity contribution in [2.24, 2.45) is 0 Å². The van der Waals surface area contributed by atoms with Crippen LogP contribution in [0.5, 0.6) is 5.88 Å². The first-order valence-corrected chi connectivity index (χ1v) is 3.03. The van der Waals surface area contributed by atoms with Crippen LogP contribution in [0, 0.1) is 0 Å². The first-order valence-electron chi connectivity index (χ1n) is 2.15. The molecule has 0 unspecified atom stereocenters. The van der Waals surface area contributed by atoms with E-state index in [1.807, 2.05) is 0 Å². The fourth-order valence-electron chi connectivity index (χ4n) is 0.380. The molecule has 0 radical (unpaired) electrons. The van der Waals surface area contributed by atoms with Crippen LogP contribution in [0.4, 0.5) is 5.13 Å². The van der Waals surface area contributed by atoms with Crippen LogP contribution in [0.15, 0.2) is 5.38 Å². The van der Waals surface area contributed by atoms with Crippen LogP contribution in [-0.2, 0) is 0 Å². The Balaban J connectivity index is 2.84. The van der Waals surface area contributed by atoms with E-state index >= 15 is 0 Å². The van der Waals surface area contributed by atoms with Crippen LogP contribution in [-0.4, -0.2) is 17.1 Å². The quantitative estimate of drug-likeness (QED) is 0.593. The monoisotopic (exact) mass is 130 g/mol. The Morgan fingerprint density at radius 1 is 1.88 bits per heavy atom. The van der Waals surface area contributed by atoms with E-state index in [0.29, 0.717) is 0 Å². The molecular weight excluding hydrogens is 124 g/mol. The zero-order valence-electron chi connectivity index (χ0n) is 4.38. The lowest BCUT2D eigenvalue weighted by Crippen LogP contribution is -1.83. The predicted octanol–water partition coefficient (Wildman–Crippen LogP) is 0.890. The number of rotatable bonds is 1. The fraction of sp³-hybridized carbons (Fsp3) is 0.250. The summed E-state index contributed by atoms with van der Waals surface area (Å²) in [6, 6.07) is 0. The average Bonchev–Trinajstić information content (AvgIpc) is 2.14. The number of hydrogen-bond acceptors (Lipinski definition) is 4. The molecule has 0 aliphatic carbocycles. The summed E-state index contributed by atoms with van der Waals surface area (Å²) in [5.74, 6) is 0.0827. The van der Waals surface area contributed by atoms with Gasteiger partial charge in [-0.05, 0) is 0 Å². The van der Waals surface area contributed by atoms with Gasteiger partial charge in [0.2, 0.25) is 5.88 Å². The lowest BCUT2D eigenvalue weighted by atomic mass is 10.9. The van der Waals surface area contributed by atoms with Crippen LogP contribution in [0.1, 0.15) is 0 Å². The summed E-state index contributed by atoms with van der Waals surface area (Å²) in [6.45, 7) is 0. The summed E-state index contributed by atoms with van der Waals surface area (Å²) in [6.07, 6.45) is 0. The van der Waals surface area contributed by atoms with E-state index in [1.54, 1.807) is 12.4 Å². The van der Waals surface area contributed by atoms with Gasteiger partial charge in [0.15, 0.2) is 5.13 Å². The van der Waals surface area contributed by atoms with Crippen LogP contribution in [0.3, 0.4) is 0 Å². The normalized spacial score (nSPS) is 9.12. The molecule has 0 spiro atoms. The van der Waals surface area contributed by atoms with E-state index in [2.05, 4.69) is 10.3 Å². The Hall–Kier alpha value is -0.770. The van der Waals surface area contributed by atoms with E-state index in [-0.39, 0.29) is 5.88 Å². The molecule has 0 saturated carbocycles. The van der Waals surface area contributed by atoms with Gasteiger partial charge >= 0.3 is 0 Å². The molecule has 1 heterocycles. The van der Waals surface area contributed by atoms with Gasteiger partial charge in [-0.1, -0.05) is 0 Å². The van der Waals surface area contributed by atoms with Gasteiger partial charge in [0, 0.05) is 7.05 Å². The molecule has 0 fully saturated rings. The summed E-state index contributed by atoms with van der Waals surface area (Å²) in [7, 11) is 1.76. The summed E-state index contributed by atoms with van der Waals surface area (Å²) in [4.78, 5) is 3.69. The largest absolute Gasteiger partial charge is 0.493 e. The summed E-state index contributed by atoms with van der Waals surface area (Å²) in [5.41, 5.74) is 0. The van der Waals surface area contributed by atoms with Crippen molar-refractivity contribution in [3.05, 3.63) is 5.38 Å². The highest BCUT2D eigenvalue weighted by Gasteiger charge is 1.93. The van der Waals surface area contributed by atoms with Crippen molar-refractivity contribution in [2.75, 3.05) is 12.4 Å². The van der Waals surface area contributed by atoms with Crippen molar-refractivity contribution in [2.45, 2.75) is 0 Å². The van der Waals surface area contributed by atoms with Gasteiger partial charge in [0.05, 0.1) is 5.38 Å². The van der Waals surface area contributed by atoms with Crippen molar-refractivity contribution < 1.29 is 5.11 Å². The van der Waals surface area contributed by atoms with Crippen molar-refractivity contribution in [1.29, 1.82) is 0 Å². The van der Waals surface area contributed by atoms with Crippen molar-refractivity contribution in [3.63, 3.8) is 0 Å². The molecule has 1 rings (SSSR count). The second kappa shape index (κ2) is 2.00. The maximum absolute atomic E-state index is 8.64. The Morgan fingerprint density at radius 3 is 2.88 bits per heavy atom. The Labute approximate surface area is 51.0 Å². The average molecular weight is 130 g/mol. The third kappa shape index (κ3) is 0.894. The predicted molar refractivity (Wildman–Crippen MR) is 33.3 cm³/mol. The van der Waals surface area contributed by atoms with Crippen LogP contribution >= 0.6 is 11.3 Å². The topological polar surface area (TPSA) is 45.2 Å². The molecule has 8 heavy (non-hydrogen) atoms. The number of aromatic hydroxyl groups is 1. The molecule has 0 amide bonds. The molecule has 4 heteroatoms. The zero-order valence-corrected chi connectivity index (χ0v) is 5.20. The molecule has 1 aromatic heterocycles. The Morgan fingerprint density at radius 2 is 2.62 bits per heavy atom. The molecule has 0 bridgehead atoms. The van der Waals surface area contributed by atoms with Crippen molar-refractivity contribution in [1.82, 2.24) is 4.98 Å². The van der Waals surface area contributed by atoms with E-state index < -0.39 is 0 Å². The minimum Gasteiger partial charge on any atom is -0.493 e. The van der Waals surface area contributed by atoms with Gasteiger partial charge in [-0.3, -0.25) is 0 Å². The second-order valence-electron chi connectivity index (χ2n) is 1.26. The lowest BCUT2D eigenvalue weighted by Gasteiger charge is -1.84. The highest BCUT2D eigenvalue weighted by molar-refractivity contribution is 7.13. The molecular formula is C4H6N2OS. The van der Waals surface area contributed by atoms with Gasteiger partial charge in [-0.15, -0.1) is 11.3 Å². The molecule has 0 aliphatic rings. The third-order valence-electron chi connectivity index (χ3n) is 0.706. The summed E-state index contributed by atoms with van der Waals surface area (Å²) in [5, 5.41) is 13.8. The second-order valence-corrected chi connectivity index (χ2v) is 2.12. The zero-order chi connectivity index (χ0) is 5.98. The number of aromatic nitrogens is 1. The first-order chi connectivity index (χ1) is 3.83. The van der Waals surface area contributed by atoms with E-state index in [4.69, 9.17) is 5.11 Å². The molecule has 1 aromatic rings. The lowest BCUT2D eigenvalue weighted by molar-refractivity contribution is 0.458. The summed E-state index contributed by atoms with van der Waals surface area (Å²) < 4.78 is 0. The minimum atomic E-state index is 0.0827. The maximum Gasteiger partial charge on any atom is 0.223 e. The van der Waals surface area contributed by atoms with Crippen molar-refractivity contribution in [3.8, 4) is 5.88 Å². The maximum atomic E-state index is 8.64. The Kier molecular flexibility index (Phi) is 1.34. The minimum absolute atomic E-state index is 0.0827. The number of anilines is 1. The SMILES string of the molecule is CNc1nc(O)cs1. The van der Waals surface area contributed by atoms with Crippen LogP contribution in [0.25, 0.3) is 0 Å². The molecule has 3 nitrogen and oxygen atoms in total. The van der Waals surface area contributed by atoms with Gasteiger partial charge in [0.25, 0.3) is 0 Å². The van der Waals surface area contributed by atoms with E-state index in [0.717, 1.165) is 5.13 Å². The molecule has 0 saturated heterocycles. The standard InChI is InChI=1S/C4H6N2OS/c1-5-4-6-3(7)2-8-4/h2,7H,1H3,(H,5,6). The molecule has 0 aliphatic heterocycles. The van der Waals surface area contributed by atoms with Crippen LogP contribution in [0.2, 0.25) is 0 Å². The van der Waals surface area contributed by atoms with Gasteiger partial charge < -0.3 is 10.4 Å². The van der Waals surface area contributed by atoms with Gasteiger partial charge in [-0.25, -0.2) is 0 Å². The molecule has 2 N–H and O–H groups in total. The molecule has 0 atom stereocenters. The van der Waals surface area contributed by atoms with Crippen molar-refractivity contribution >= 4 is 16.5 Å².